The molecule has 120 valence electrons. The van der Waals surface area contributed by atoms with Gasteiger partial charge in [-0.05, 0) is 29.2 Å². The van der Waals surface area contributed by atoms with E-state index in [0.29, 0.717) is 0 Å². The van der Waals surface area contributed by atoms with Crippen LogP contribution in [0.2, 0.25) is 0 Å². The summed E-state index contributed by atoms with van der Waals surface area (Å²) in [7, 11) is 0. The van der Waals surface area contributed by atoms with Gasteiger partial charge in [0.25, 0.3) is 0 Å². The molecule has 0 fully saturated rings. The van der Waals surface area contributed by atoms with Crippen molar-refractivity contribution in [2.75, 3.05) is 5.32 Å². The molecular weight excluding hydrogens is 296 g/mol. The van der Waals surface area contributed by atoms with Gasteiger partial charge in [0, 0.05) is 5.70 Å². The number of anilines is 1. The summed E-state index contributed by atoms with van der Waals surface area (Å²) in [6.07, 6.45) is 6.10. The van der Waals surface area contributed by atoms with E-state index >= 15 is 0 Å². The van der Waals surface area contributed by atoms with E-state index in [1.54, 1.807) is 6.33 Å². The molecule has 24 heavy (non-hydrogen) atoms. The Bertz CT molecular complexity index is 847. The van der Waals surface area contributed by atoms with Gasteiger partial charge in [-0.2, -0.15) is 10.1 Å². The predicted octanol–water partition coefficient (Wildman–Crippen LogP) is 4.29. The number of nitrogens with one attached hydrogen (secondary N) is 1. The maximum atomic E-state index is 4.38. The number of hydrogen-bond donors (Lipinski definition) is 1. The SMILES string of the molecule is CCCc1ccc(C2=C[C@H](c3ccccc3)n3ncnc3N2)cc1. The zero-order chi connectivity index (χ0) is 16.4. The zero-order valence-electron chi connectivity index (χ0n) is 13.7. The van der Waals surface area contributed by atoms with Gasteiger partial charge < -0.3 is 5.32 Å². The normalized spacial score (nSPS) is 16.2. The van der Waals surface area contributed by atoms with Crippen LogP contribution in [0.5, 0.6) is 0 Å². The molecule has 4 rings (SSSR count). The van der Waals surface area contributed by atoms with Crippen LogP contribution in [-0.4, -0.2) is 14.8 Å². The topological polar surface area (TPSA) is 42.7 Å². The lowest BCUT2D eigenvalue weighted by atomic mass is 10.0. The van der Waals surface area contributed by atoms with Crippen molar-refractivity contribution in [1.29, 1.82) is 0 Å². The van der Waals surface area contributed by atoms with Crippen molar-refractivity contribution in [1.82, 2.24) is 14.8 Å². The van der Waals surface area contributed by atoms with Gasteiger partial charge >= 0.3 is 0 Å². The highest BCUT2D eigenvalue weighted by Crippen LogP contribution is 2.31. The van der Waals surface area contributed by atoms with E-state index in [2.05, 4.69) is 76.9 Å². The Kier molecular flexibility index (Phi) is 3.87. The van der Waals surface area contributed by atoms with Crippen LogP contribution in [0, 0.1) is 0 Å². The van der Waals surface area contributed by atoms with Crippen molar-refractivity contribution in [2.45, 2.75) is 25.8 Å². The second-order valence-corrected chi connectivity index (χ2v) is 6.04. The van der Waals surface area contributed by atoms with Crippen LogP contribution in [0.15, 0.2) is 67.0 Å². The summed E-state index contributed by atoms with van der Waals surface area (Å²) in [5.74, 6) is 0.777. The zero-order valence-corrected chi connectivity index (χ0v) is 13.7. The van der Waals surface area contributed by atoms with Crippen molar-refractivity contribution in [2.24, 2.45) is 0 Å². The Balaban J connectivity index is 1.72. The van der Waals surface area contributed by atoms with Crippen LogP contribution in [0.3, 0.4) is 0 Å². The number of hydrogen-bond acceptors (Lipinski definition) is 3. The van der Waals surface area contributed by atoms with E-state index in [1.807, 2.05) is 10.7 Å². The van der Waals surface area contributed by atoms with Crippen LogP contribution >= 0.6 is 0 Å². The third-order valence-electron chi connectivity index (χ3n) is 4.35. The predicted molar refractivity (Wildman–Crippen MR) is 96.6 cm³/mol. The fraction of sp³-hybridized carbons (Fsp3) is 0.200. The van der Waals surface area contributed by atoms with Crippen molar-refractivity contribution in [3.05, 3.63) is 83.7 Å². The van der Waals surface area contributed by atoms with Crippen LogP contribution in [0.4, 0.5) is 5.95 Å². The van der Waals surface area contributed by atoms with E-state index < -0.39 is 0 Å². The fourth-order valence-electron chi connectivity index (χ4n) is 3.13. The van der Waals surface area contributed by atoms with Crippen molar-refractivity contribution >= 4 is 11.6 Å². The molecule has 1 N–H and O–H groups in total. The summed E-state index contributed by atoms with van der Waals surface area (Å²) in [4.78, 5) is 4.36. The Morgan fingerprint density at radius 3 is 2.58 bits per heavy atom. The average molecular weight is 316 g/mol. The summed E-state index contributed by atoms with van der Waals surface area (Å²) in [6, 6.07) is 19.2. The third kappa shape index (κ3) is 2.71. The fourth-order valence-corrected chi connectivity index (χ4v) is 3.13. The number of aryl methyl sites for hydroxylation is 1. The standard InChI is InChI=1S/C20H20N4/c1-2-6-15-9-11-16(12-10-15)18-13-19(17-7-4-3-5-8-17)24-20(23-18)21-14-22-24/h3-5,7-14,19H,2,6H2,1H3,(H,21,22,23)/t19-/m1/s1. The molecule has 2 heterocycles. The first-order valence-electron chi connectivity index (χ1n) is 8.38. The maximum Gasteiger partial charge on any atom is 0.226 e. The van der Waals surface area contributed by atoms with Gasteiger partial charge in [0.2, 0.25) is 5.95 Å². The second kappa shape index (κ2) is 6.32. The highest BCUT2D eigenvalue weighted by Gasteiger charge is 2.23. The summed E-state index contributed by atoms with van der Waals surface area (Å²) < 4.78 is 1.92. The second-order valence-electron chi connectivity index (χ2n) is 6.04. The van der Waals surface area contributed by atoms with Crippen LogP contribution in [0.25, 0.3) is 5.70 Å². The molecule has 0 spiro atoms. The molecule has 0 aliphatic carbocycles. The van der Waals surface area contributed by atoms with Gasteiger partial charge in [-0.1, -0.05) is 67.9 Å². The average Bonchev–Trinajstić information content (AvgIpc) is 3.11. The van der Waals surface area contributed by atoms with Gasteiger partial charge in [-0.3, -0.25) is 0 Å². The minimum absolute atomic E-state index is 0.0512. The van der Waals surface area contributed by atoms with Gasteiger partial charge in [0.15, 0.2) is 0 Å². The van der Waals surface area contributed by atoms with Gasteiger partial charge in [0.1, 0.15) is 12.4 Å². The smallest absolute Gasteiger partial charge is 0.226 e. The molecule has 4 nitrogen and oxygen atoms in total. The Morgan fingerprint density at radius 1 is 1.04 bits per heavy atom. The molecule has 0 amide bonds. The highest BCUT2D eigenvalue weighted by atomic mass is 15.4. The molecule has 1 aromatic heterocycles. The van der Waals surface area contributed by atoms with Gasteiger partial charge in [-0.25, -0.2) is 4.68 Å². The number of aromatic nitrogens is 3. The quantitative estimate of drug-likeness (QED) is 0.781. The van der Waals surface area contributed by atoms with E-state index in [0.717, 1.165) is 18.1 Å². The molecule has 0 unspecified atom stereocenters. The van der Waals surface area contributed by atoms with Crippen LogP contribution in [-0.2, 0) is 6.42 Å². The number of nitrogens with zero attached hydrogens (tertiary/aromatic N) is 3. The van der Waals surface area contributed by atoms with Crippen molar-refractivity contribution in [3.8, 4) is 0 Å². The summed E-state index contributed by atoms with van der Waals surface area (Å²) in [5, 5.41) is 7.77. The number of benzene rings is 2. The molecule has 0 bridgehead atoms. The Morgan fingerprint density at radius 2 is 1.83 bits per heavy atom. The minimum atomic E-state index is 0.0512. The lowest BCUT2D eigenvalue weighted by Crippen LogP contribution is -2.20. The largest absolute Gasteiger partial charge is 0.324 e. The van der Waals surface area contributed by atoms with Crippen LogP contribution < -0.4 is 5.32 Å². The number of rotatable bonds is 4. The molecule has 4 heteroatoms. The summed E-state index contributed by atoms with van der Waals surface area (Å²) >= 11 is 0. The lowest BCUT2D eigenvalue weighted by molar-refractivity contribution is 0.612. The summed E-state index contributed by atoms with van der Waals surface area (Å²) in [6.45, 7) is 2.20. The van der Waals surface area contributed by atoms with E-state index in [4.69, 9.17) is 0 Å². The summed E-state index contributed by atoms with van der Waals surface area (Å²) in [5.41, 5.74) is 4.82. The highest BCUT2D eigenvalue weighted by molar-refractivity contribution is 5.77. The maximum absolute atomic E-state index is 4.38. The van der Waals surface area contributed by atoms with Crippen molar-refractivity contribution < 1.29 is 0 Å². The van der Waals surface area contributed by atoms with E-state index in [-0.39, 0.29) is 6.04 Å². The Labute approximate surface area is 141 Å². The molecule has 3 aromatic rings. The first-order valence-corrected chi connectivity index (χ1v) is 8.38. The number of fused-ring (bicyclic) bond motifs is 1. The molecular formula is C20H20N4. The molecule has 0 saturated carbocycles. The Hall–Kier alpha value is -2.88. The number of allylic oxidation sites excluding steroid dienone is 1. The van der Waals surface area contributed by atoms with Crippen LogP contribution in [0.1, 0.15) is 36.1 Å². The van der Waals surface area contributed by atoms with Gasteiger partial charge in [0.05, 0.1) is 0 Å². The molecule has 2 aromatic carbocycles. The van der Waals surface area contributed by atoms with Gasteiger partial charge in [-0.15, -0.1) is 0 Å². The van der Waals surface area contributed by atoms with E-state index in [1.165, 1.54) is 23.1 Å². The molecule has 1 atom stereocenters. The first kappa shape index (κ1) is 14.7. The third-order valence-corrected chi connectivity index (χ3v) is 4.35. The molecule has 1 aliphatic heterocycles. The van der Waals surface area contributed by atoms with Crippen molar-refractivity contribution in [3.63, 3.8) is 0 Å². The monoisotopic (exact) mass is 316 g/mol. The molecule has 0 saturated heterocycles. The molecule has 1 aliphatic rings. The minimum Gasteiger partial charge on any atom is -0.324 e. The molecule has 0 radical (unpaired) electrons. The first-order chi connectivity index (χ1) is 11.8. The lowest BCUT2D eigenvalue weighted by Gasteiger charge is -2.24. The van der Waals surface area contributed by atoms with E-state index in [9.17, 15) is 0 Å².